The van der Waals surface area contributed by atoms with Gasteiger partial charge in [-0.25, -0.2) is 8.42 Å². The first-order valence-electron chi connectivity index (χ1n) is 6.79. The zero-order valence-electron chi connectivity index (χ0n) is 12.1. The monoisotopic (exact) mass is 378 g/mol. The summed E-state index contributed by atoms with van der Waals surface area (Å²) in [6, 6.07) is 12.2. The minimum atomic E-state index is -3.67. The first-order chi connectivity index (χ1) is 11.5. The van der Waals surface area contributed by atoms with Crippen molar-refractivity contribution in [2.45, 2.75) is 9.10 Å². The molecule has 0 aliphatic rings. The summed E-state index contributed by atoms with van der Waals surface area (Å²) in [6.45, 7) is 0. The molecule has 24 heavy (non-hydrogen) atoms. The number of anilines is 1. The average Bonchev–Trinajstić information content (AvgIpc) is 3.07. The zero-order valence-corrected chi connectivity index (χ0v) is 14.5. The molecule has 3 rings (SSSR count). The predicted octanol–water partition coefficient (Wildman–Crippen LogP) is 3.88. The topological polar surface area (TPSA) is 76.1 Å². The fraction of sp³-hybridized carbons (Fsp3) is 0. The van der Waals surface area contributed by atoms with Crippen molar-refractivity contribution in [3.05, 3.63) is 70.8 Å². The third kappa shape index (κ3) is 3.48. The van der Waals surface area contributed by atoms with Crippen LogP contribution in [0.2, 0.25) is 5.02 Å². The minimum absolute atomic E-state index is 0.0983. The highest BCUT2D eigenvalue weighted by Crippen LogP contribution is 2.29. The van der Waals surface area contributed by atoms with Crippen molar-refractivity contribution in [2.75, 3.05) is 5.32 Å². The lowest BCUT2D eigenvalue weighted by molar-refractivity contribution is 0.103. The van der Waals surface area contributed by atoms with Gasteiger partial charge in [0.25, 0.3) is 5.91 Å². The lowest BCUT2D eigenvalue weighted by atomic mass is 10.4. The van der Waals surface area contributed by atoms with Crippen LogP contribution in [0.3, 0.4) is 0 Å². The van der Waals surface area contributed by atoms with Gasteiger partial charge in [-0.05, 0) is 48.5 Å². The number of halogens is 1. The van der Waals surface area contributed by atoms with Crippen LogP contribution >= 0.6 is 22.9 Å². The molecular weight excluding hydrogens is 368 g/mol. The lowest BCUT2D eigenvalue weighted by Gasteiger charge is -2.03. The number of nitrogens with zero attached hydrogens (tertiary/aromatic N) is 1. The predicted molar refractivity (Wildman–Crippen MR) is 93.4 cm³/mol. The maximum Gasteiger partial charge on any atom is 0.265 e. The van der Waals surface area contributed by atoms with E-state index in [9.17, 15) is 13.2 Å². The van der Waals surface area contributed by atoms with Crippen LogP contribution in [0.5, 0.6) is 0 Å². The van der Waals surface area contributed by atoms with E-state index in [1.54, 1.807) is 18.3 Å². The Balaban J connectivity index is 1.84. The Kier molecular flexibility index (Phi) is 4.66. The number of sulfone groups is 1. The number of rotatable bonds is 4. The molecule has 1 aromatic carbocycles. The van der Waals surface area contributed by atoms with Gasteiger partial charge in [-0.15, -0.1) is 11.3 Å². The van der Waals surface area contributed by atoms with Gasteiger partial charge in [0.15, 0.2) is 0 Å². The summed E-state index contributed by atoms with van der Waals surface area (Å²) in [5.41, 5.74) is 0.540. The largest absolute Gasteiger partial charge is 0.320 e. The van der Waals surface area contributed by atoms with Crippen molar-refractivity contribution in [3.63, 3.8) is 0 Å². The summed E-state index contributed by atoms with van der Waals surface area (Å²) < 4.78 is 25.2. The Labute approximate surface area is 147 Å². The lowest BCUT2D eigenvalue weighted by Crippen LogP contribution is -2.10. The second-order valence-corrected chi connectivity index (χ2v) is 8.47. The molecule has 0 spiro atoms. The molecule has 3 aromatic rings. The van der Waals surface area contributed by atoms with Crippen LogP contribution in [0.25, 0.3) is 0 Å². The summed E-state index contributed by atoms with van der Waals surface area (Å²) in [5.74, 6) is -0.384. The molecule has 1 amide bonds. The number of nitrogens with one attached hydrogen (secondary N) is 1. The van der Waals surface area contributed by atoms with Gasteiger partial charge in [-0.3, -0.25) is 9.78 Å². The van der Waals surface area contributed by atoms with E-state index in [1.807, 2.05) is 0 Å². The van der Waals surface area contributed by atoms with Gasteiger partial charge in [0, 0.05) is 11.2 Å². The Morgan fingerprint density at radius 1 is 1.08 bits per heavy atom. The molecule has 8 heteroatoms. The molecule has 0 aliphatic carbocycles. The minimum Gasteiger partial charge on any atom is -0.320 e. The van der Waals surface area contributed by atoms with Gasteiger partial charge in [0.2, 0.25) is 9.84 Å². The van der Waals surface area contributed by atoms with Crippen LogP contribution in [0.15, 0.2) is 70.0 Å². The van der Waals surface area contributed by atoms with Crippen LogP contribution in [0.4, 0.5) is 5.69 Å². The zero-order chi connectivity index (χ0) is 17.2. The molecule has 0 fully saturated rings. The van der Waals surface area contributed by atoms with E-state index < -0.39 is 9.84 Å². The molecule has 0 atom stereocenters. The summed E-state index contributed by atoms with van der Waals surface area (Å²) >= 11 is 6.69. The Bertz CT molecular complexity index is 968. The highest BCUT2D eigenvalue weighted by Gasteiger charge is 2.21. The SMILES string of the molecule is O=C(Nc1cccnc1)c1ccc(S(=O)(=O)c2ccc(Cl)cc2)s1. The molecule has 0 radical (unpaired) electrons. The molecule has 0 unspecified atom stereocenters. The molecule has 2 heterocycles. The fourth-order valence-corrected chi connectivity index (χ4v) is 4.68. The van der Waals surface area contributed by atoms with Gasteiger partial charge in [0.05, 0.1) is 21.7 Å². The number of benzene rings is 1. The van der Waals surface area contributed by atoms with Crippen molar-refractivity contribution >= 4 is 44.4 Å². The first-order valence-corrected chi connectivity index (χ1v) is 9.46. The molecule has 0 aliphatic heterocycles. The summed E-state index contributed by atoms with van der Waals surface area (Å²) in [7, 11) is -3.67. The van der Waals surface area contributed by atoms with Crippen LogP contribution in [-0.4, -0.2) is 19.3 Å². The second kappa shape index (κ2) is 6.72. The van der Waals surface area contributed by atoms with Gasteiger partial charge < -0.3 is 5.32 Å². The Hall–Kier alpha value is -2.22. The summed E-state index contributed by atoms with van der Waals surface area (Å²) in [5, 5.41) is 3.12. The van der Waals surface area contributed by atoms with Gasteiger partial charge in [-0.2, -0.15) is 0 Å². The number of carbonyl (C=O) groups is 1. The van der Waals surface area contributed by atoms with Crippen molar-refractivity contribution in [2.24, 2.45) is 0 Å². The summed E-state index contributed by atoms with van der Waals surface area (Å²) in [4.78, 5) is 16.5. The smallest absolute Gasteiger partial charge is 0.265 e. The van der Waals surface area contributed by atoms with E-state index in [4.69, 9.17) is 11.6 Å². The van der Waals surface area contributed by atoms with Gasteiger partial charge >= 0.3 is 0 Å². The highest BCUT2D eigenvalue weighted by atomic mass is 35.5. The highest BCUT2D eigenvalue weighted by molar-refractivity contribution is 7.93. The molecular formula is C16H11ClN2O3S2. The molecule has 0 saturated carbocycles. The molecule has 122 valence electrons. The first kappa shape index (κ1) is 16.6. The van der Waals surface area contributed by atoms with Gasteiger partial charge in [0.1, 0.15) is 4.21 Å². The number of pyridine rings is 1. The van der Waals surface area contributed by atoms with E-state index in [0.717, 1.165) is 11.3 Å². The van der Waals surface area contributed by atoms with Crippen molar-refractivity contribution in [3.8, 4) is 0 Å². The van der Waals surface area contributed by atoms with Crippen molar-refractivity contribution in [1.82, 2.24) is 4.98 Å². The van der Waals surface area contributed by atoms with Crippen LogP contribution in [0, 0.1) is 0 Å². The third-order valence-electron chi connectivity index (χ3n) is 3.11. The number of thiophene rings is 1. The number of amides is 1. The second-order valence-electron chi connectivity index (χ2n) is 4.77. The molecule has 1 N–H and O–H groups in total. The average molecular weight is 379 g/mol. The number of aromatic nitrogens is 1. The number of hydrogen-bond donors (Lipinski definition) is 1. The molecule has 5 nitrogen and oxygen atoms in total. The van der Waals surface area contributed by atoms with E-state index >= 15 is 0 Å². The van der Waals surface area contributed by atoms with Crippen molar-refractivity contribution < 1.29 is 13.2 Å². The molecule has 2 aromatic heterocycles. The van der Waals surface area contributed by atoms with E-state index in [2.05, 4.69) is 10.3 Å². The Morgan fingerprint density at radius 3 is 2.50 bits per heavy atom. The number of carbonyl (C=O) groups excluding carboxylic acids is 1. The van der Waals surface area contributed by atoms with E-state index in [1.165, 1.54) is 42.6 Å². The molecule has 0 saturated heterocycles. The van der Waals surface area contributed by atoms with Crippen LogP contribution in [-0.2, 0) is 9.84 Å². The fourth-order valence-electron chi connectivity index (χ4n) is 1.95. The third-order valence-corrected chi connectivity index (χ3v) is 6.71. The quantitative estimate of drug-likeness (QED) is 0.747. The number of hydrogen-bond acceptors (Lipinski definition) is 5. The normalized spacial score (nSPS) is 11.2. The van der Waals surface area contributed by atoms with Crippen LogP contribution < -0.4 is 5.32 Å². The molecule has 0 bridgehead atoms. The van der Waals surface area contributed by atoms with E-state index in [0.29, 0.717) is 15.6 Å². The maximum atomic E-state index is 12.6. The van der Waals surface area contributed by atoms with Gasteiger partial charge in [-0.1, -0.05) is 11.6 Å². The standard InChI is InChI=1S/C16H11ClN2O3S2/c17-11-3-5-13(6-4-11)24(21,22)15-8-7-14(23-15)16(20)19-12-2-1-9-18-10-12/h1-10H,(H,19,20). The Morgan fingerprint density at radius 2 is 1.83 bits per heavy atom. The van der Waals surface area contributed by atoms with Crippen molar-refractivity contribution in [1.29, 1.82) is 0 Å². The maximum absolute atomic E-state index is 12.6. The van der Waals surface area contributed by atoms with Crippen LogP contribution in [0.1, 0.15) is 9.67 Å². The summed E-state index contributed by atoms with van der Waals surface area (Å²) in [6.07, 6.45) is 3.11. The van der Waals surface area contributed by atoms with E-state index in [-0.39, 0.29) is 15.0 Å².